The molecule has 0 spiro atoms. The quantitative estimate of drug-likeness (QED) is 0.307. The number of oxazole rings is 1. The van der Waals surface area contributed by atoms with E-state index in [-0.39, 0.29) is 0 Å². The Hall–Kier alpha value is -3.30. The van der Waals surface area contributed by atoms with Crippen molar-refractivity contribution in [2.75, 3.05) is 0 Å². The van der Waals surface area contributed by atoms with Gasteiger partial charge >= 0.3 is 0 Å². The highest BCUT2D eigenvalue weighted by Crippen LogP contribution is 2.35. The largest absolute Gasteiger partial charge is 0.456 e. The highest BCUT2D eigenvalue weighted by Gasteiger charge is 2.14. The van der Waals surface area contributed by atoms with Crippen LogP contribution in [0.5, 0.6) is 0 Å². The van der Waals surface area contributed by atoms with Gasteiger partial charge in [0.2, 0.25) is 5.89 Å². The molecule has 27 heavy (non-hydrogen) atoms. The number of aromatic nitrogens is 1. The van der Waals surface area contributed by atoms with Gasteiger partial charge in [0.05, 0.1) is 0 Å². The number of halogens is 1. The molecule has 0 atom stereocenters. The van der Waals surface area contributed by atoms with Gasteiger partial charge in [0.25, 0.3) is 0 Å². The first-order chi connectivity index (χ1) is 13.2. The fraction of sp³-hybridized carbons (Fsp3) is 0. The normalized spacial score (nSPS) is 11.9. The van der Waals surface area contributed by atoms with E-state index in [9.17, 15) is 0 Å². The summed E-state index contributed by atoms with van der Waals surface area (Å²) in [4.78, 5) is 4.67. The van der Waals surface area contributed by atoms with Crippen molar-refractivity contribution < 1.29 is 8.83 Å². The molecule has 2 heterocycles. The van der Waals surface area contributed by atoms with Crippen LogP contribution in [0.2, 0.25) is 5.02 Å². The van der Waals surface area contributed by atoms with Crippen LogP contribution in [-0.2, 0) is 0 Å². The van der Waals surface area contributed by atoms with Crippen LogP contribution in [0.25, 0.3) is 55.3 Å². The maximum Gasteiger partial charge on any atom is 0.227 e. The summed E-state index contributed by atoms with van der Waals surface area (Å²) in [5.41, 5.74) is 4.04. The predicted molar refractivity (Wildman–Crippen MR) is 109 cm³/mol. The summed E-state index contributed by atoms with van der Waals surface area (Å²) in [5.74, 6) is 0.603. The van der Waals surface area contributed by atoms with E-state index in [1.165, 1.54) is 5.39 Å². The zero-order valence-corrected chi connectivity index (χ0v) is 14.8. The lowest BCUT2D eigenvalue weighted by molar-refractivity contribution is 0.620. The number of furan rings is 1. The van der Waals surface area contributed by atoms with Crippen LogP contribution in [-0.4, -0.2) is 4.98 Å². The van der Waals surface area contributed by atoms with Gasteiger partial charge in [-0.3, -0.25) is 0 Å². The van der Waals surface area contributed by atoms with Crippen molar-refractivity contribution in [1.29, 1.82) is 0 Å². The van der Waals surface area contributed by atoms with Gasteiger partial charge in [0.15, 0.2) is 5.58 Å². The third kappa shape index (κ3) is 2.25. The minimum atomic E-state index is 0.603. The Morgan fingerprint density at radius 1 is 0.667 bits per heavy atom. The number of hydrogen-bond acceptors (Lipinski definition) is 3. The van der Waals surface area contributed by atoms with Crippen molar-refractivity contribution in [2.24, 2.45) is 0 Å². The van der Waals surface area contributed by atoms with Gasteiger partial charge in [-0.25, -0.2) is 4.98 Å². The average molecular weight is 370 g/mol. The topological polar surface area (TPSA) is 39.2 Å². The second-order valence-corrected chi connectivity index (χ2v) is 7.08. The van der Waals surface area contributed by atoms with E-state index >= 15 is 0 Å². The molecule has 0 bridgehead atoms. The van der Waals surface area contributed by atoms with E-state index in [2.05, 4.69) is 29.2 Å². The lowest BCUT2D eigenvalue weighted by Crippen LogP contribution is -1.78. The fourth-order valence-electron chi connectivity index (χ4n) is 3.62. The summed E-state index contributed by atoms with van der Waals surface area (Å²) >= 11 is 6.15. The first-order valence-electron chi connectivity index (χ1n) is 8.66. The van der Waals surface area contributed by atoms with E-state index in [4.69, 9.17) is 20.4 Å². The molecule has 2 aromatic heterocycles. The van der Waals surface area contributed by atoms with Gasteiger partial charge in [-0.1, -0.05) is 41.9 Å². The van der Waals surface area contributed by atoms with Crippen LogP contribution >= 0.6 is 11.6 Å². The molecule has 6 rings (SSSR count). The van der Waals surface area contributed by atoms with Crippen molar-refractivity contribution in [2.45, 2.75) is 0 Å². The molecule has 0 N–H and O–H groups in total. The molecular formula is C23H12ClNO2. The lowest BCUT2D eigenvalue weighted by Gasteiger charge is -1.99. The third-order valence-corrected chi connectivity index (χ3v) is 5.17. The monoisotopic (exact) mass is 369 g/mol. The van der Waals surface area contributed by atoms with Crippen molar-refractivity contribution in [3.63, 3.8) is 0 Å². The van der Waals surface area contributed by atoms with Crippen LogP contribution in [0.4, 0.5) is 0 Å². The van der Waals surface area contributed by atoms with Gasteiger partial charge in [0.1, 0.15) is 16.7 Å². The number of hydrogen-bond donors (Lipinski definition) is 0. The zero-order chi connectivity index (χ0) is 18.0. The van der Waals surface area contributed by atoms with Crippen LogP contribution in [0.1, 0.15) is 0 Å². The Kier molecular flexibility index (Phi) is 2.94. The Labute approximate surface area is 158 Å². The lowest BCUT2D eigenvalue weighted by atomic mass is 10.1. The molecule has 3 nitrogen and oxygen atoms in total. The molecular weight excluding hydrogens is 358 g/mol. The van der Waals surface area contributed by atoms with Crippen molar-refractivity contribution in [1.82, 2.24) is 4.98 Å². The summed E-state index contributed by atoms with van der Waals surface area (Å²) in [6.07, 6.45) is 0. The van der Waals surface area contributed by atoms with Gasteiger partial charge in [-0.15, -0.1) is 0 Å². The zero-order valence-electron chi connectivity index (χ0n) is 14.1. The second kappa shape index (κ2) is 5.35. The minimum Gasteiger partial charge on any atom is -0.456 e. The van der Waals surface area contributed by atoms with Crippen LogP contribution in [0.15, 0.2) is 81.6 Å². The van der Waals surface area contributed by atoms with Crippen LogP contribution in [0, 0.1) is 0 Å². The van der Waals surface area contributed by atoms with Gasteiger partial charge in [0, 0.05) is 27.4 Å². The number of nitrogens with zero attached hydrogens (tertiary/aromatic N) is 1. The molecule has 4 aromatic carbocycles. The number of benzene rings is 4. The van der Waals surface area contributed by atoms with E-state index < -0.39 is 0 Å². The Bertz CT molecular complexity index is 1490. The molecule has 128 valence electrons. The summed E-state index contributed by atoms with van der Waals surface area (Å²) in [7, 11) is 0. The summed E-state index contributed by atoms with van der Waals surface area (Å²) < 4.78 is 12.0. The average Bonchev–Trinajstić information content (AvgIpc) is 3.26. The highest BCUT2D eigenvalue weighted by molar-refractivity contribution is 6.31. The molecule has 4 heteroatoms. The molecule has 0 aliphatic heterocycles. The minimum absolute atomic E-state index is 0.603. The maximum atomic E-state index is 6.15. The number of fused-ring (bicyclic) bond motifs is 5. The van der Waals surface area contributed by atoms with E-state index in [0.29, 0.717) is 10.9 Å². The van der Waals surface area contributed by atoms with Crippen molar-refractivity contribution >= 4 is 55.4 Å². The van der Waals surface area contributed by atoms with Gasteiger partial charge in [-0.2, -0.15) is 0 Å². The Balaban J connectivity index is 1.57. The summed E-state index contributed by atoms with van der Waals surface area (Å²) in [5, 5.41) is 4.98. The third-order valence-electron chi connectivity index (χ3n) is 4.94. The standard InChI is InChI=1S/C23H12ClNO2/c24-16-7-8-20-17(10-16)18-11-22-19(12-21(18)26-20)25-23(27-22)15-6-5-13-3-1-2-4-14(13)9-15/h1-12H. The molecule has 6 aromatic rings. The molecule has 0 saturated carbocycles. The number of rotatable bonds is 1. The highest BCUT2D eigenvalue weighted by atomic mass is 35.5. The van der Waals surface area contributed by atoms with Gasteiger partial charge < -0.3 is 8.83 Å². The molecule has 0 unspecified atom stereocenters. The Morgan fingerprint density at radius 3 is 2.44 bits per heavy atom. The Morgan fingerprint density at radius 2 is 1.52 bits per heavy atom. The molecule has 0 radical (unpaired) electrons. The van der Waals surface area contributed by atoms with Gasteiger partial charge in [-0.05, 0) is 47.2 Å². The van der Waals surface area contributed by atoms with E-state index in [1.54, 1.807) is 0 Å². The second-order valence-electron chi connectivity index (χ2n) is 6.64. The maximum absolute atomic E-state index is 6.15. The SMILES string of the molecule is Clc1ccc2oc3cc4nc(-c5ccc6ccccc6c5)oc4cc3c2c1. The summed E-state index contributed by atoms with van der Waals surface area (Å²) in [6.45, 7) is 0. The molecule has 0 saturated heterocycles. The van der Waals surface area contributed by atoms with Crippen LogP contribution < -0.4 is 0 Å². The summed E-state index contributed by atoms with van der Waals surface area (Å²) in [6, 6.07) is 24.0. The van der Waals surface area contributed by atoms with Crippen LogP contribution in [0.3, 0.4) is 0 Å². The molecule has 0 amide bonds. The fourth-order valence-corrected chi connectivity index (χ4v) is 3.79. The first kappa shape index (κ1) is 14.8. The molecule has 0 aliphatic rings. The van der Waals surface area contributed by atoms with E-state index in [0.717, 1.165) is 44.0 Å². The smallest absolute Gasteiger partial charge is 0.227 e. The van der Waals surface area contributed by atoms with E-state index in [1.807, 2.05) is 48.5 Å². The van der Waals surface area contributed by atoms with Crippen molar-refractivity contribution in [3.8, 4) is 11.5 Å². The van der Waals surface area contributed by atoms with Crippen molar-refractivity contribution in [3.05, 3.63) is 77.8 Å². The first-order valence-corrected chi connectivity index (χ1v) is 9.04. The molecule has 0 aliphatic carbocycles. The predicted octanol–water partition coefficient (Wildman–Crippen LogP) is 7.20. The molecule has 0 fully saturated rings.